The van der Waals surface area contributed by atoms with E-state index in [0.717, 1.165) is 0 Å². The molecule has 0 atom stereocenters. The van der Waals surface area contributed by atoms with Crippen LogP contribution in [0.5, 0.6) is 5.75 Å². The van der Waals surface area contributed by atoms with Crippen molar-refractivity contribution in [1.82, 2.24) is 30.6 Å². The van der Waals surface area contributed by atoms with E-state index in [4.69, 9.17) is 17.3 Å². The van der Waals surface area contributed by atoms with Crippen molar-refractivity contribution in [3.05, 3.63) is 53.3 Å². The van der Waals surface area contributed by atoms with Gasteiger partial charge in [0.05, 0.1) is 10.6 Å². The van der Waals surface area contributed by atoms with Crippen molar-refractivity contribution < 1.29 is 9.50 Å². The summed E-state index contributed by atoms with van der Waals surface area (Å²) in [6.45, 7) is 0. The molecule has 2 aromatic heterocycles. The molecular formula is C17H12ClFN8O. The number of hydrogen-bond donors (Lipinski definition) is 4. The molecular weight excluding hydrogens is 387 g/mol. The van der Waals surface area contributed by atoms with Gasteiger partial charge in [0.15, 0.2) is 11.6 Å². The molecule has 0 aliphatic carbocycles. The van der Waals surface area contributed by atoms with Crippen molar-refractivity contribution in [3.63, 3.8) is 0 Å². The van der Waals surface area contributed by atoms with Gasteiger partial charge in [0, 0.05) is 17.3 Å². The molecule has 0 aliphatic heterocycles. The second-order valence-corrected chi connectivity index (χ2v) is 6.07. The first-order valence-corrected chi connectivity index (χ1v) is 8.32. The fourth-order valence-electron chi connectivity index (χ4n) is 2.56. The maximum Gasteiger partial charge on any atom is 0.229 e. The summed E-state index contributed by atoms with van der Waals surface area (Å²) in [7, 11) is 0. The average Bonchev–Trinajstić information content (AvgIpc) is 3.20. The van der Waals surface area contributed by atoms with E-state index in [-0.39, 0.29) is 29.0 Å². The number of rotatable bonds is 4. The van der Waals surface area contributed by atoms with Crippen molar-refractivity contribution in [2.75, 3.05) is 11.1 Å². The van der Waals surface area contributed by atoms with E-state index in [1.54, 1.807) is 36.4 Å². The number of nitrogens with zero attached hydrogens (tertiary/aromatic N) is 5. The Morgan fingerprint density at radius 1 is 1.11 bits per heavy atom. The molecule has 0 saturated heterocycles. The molecule has 0 aliphatic rings. The zero-order valence-corrected chi connectivity index (χ0v) is 14.8. The first kappa shape index (κ1) is 17.6. The predicted molar refractivity (Wildman–Crippen MR) is 101 cm³/mol. The number of H-pyrrole nitrogens is 1. The summed E-state index contributed by atoms with van der Waals surface area (Å²) in [5.74, 6) is -0.908. The lowest BCUT2D eigenvalue weighted by atomic mass is 10.1. The lowest BCUT2D eigenvalue weighted by Gasteiger charge is -2.11. The third-order valence-corrected chi connectivity index (χ3v) is 4.18. The van der Waals surface area contributed by atoms with E-state index >= 15 is 0 Å². The van der Waals surface area contributed by atoms with Crippen LogP contribution in [0.2, 0.25) is 5.02 Å². The smallest absolute Gasteiger partial charge is 0.229 e. The van der Waals surface area contributed by atoms with E-state index in [9.17, 15) is 9.50 Å². The molecule has 11 heteroatoms. The molecule has 4 aromatic rings. The van der Waals surface area contributed by atoms with E-state index in [2.05, 4.69) is 35.9 Å². The highest BCUT2D eigenvalue weighted by atomic mass is 35.5. The van der Waals surface area contributed by atoms with Crippen molar-refractivity contribution in [2.45, 2.75) is 0 Å². The van der Waals surface area contributed by atoms with Crippen LogP contribution in [-0.2, 0) is 0 Å². The summed E-state index contributed by atoms with van der Waals surface area (Å²) >= 11 is 6.14. The van der Waals surface area contributed by atoms with Crippen LogP contribution >= 0.6 is 11.6 Å². The second kappa shape index (κ2) is 7.08. The summed E-state index contributed by atoms with van der Waals surface area (Å²) in [6.07, 6.45) is 0. The number of aromatic amines is 1. The normalized spacial score (nSPS) is 10.8. The number of phenolic OH excluding ortho intramolecular Hbond substituents is 1. The molecule has 140 valence electrons. The highest BCUT2D eigenvalue weighted by Crippen LogP contribution is 2.33. The number of aromatic hydroxyl groups is 1. The molecule has 0 radical (unpaired) electrons. The zero-order chi connectivity index (χ0) is 19.7. The quantitative estimate of drug-likeness (QED) is 0.411. The lowest BCUT2D eigenvalue weighted by Crippen LogP contribution is -2.06. The van der Waals surface area contributed by atoms with Gasteiger partial charge in [-0.25, -0.2) is 9.37 Å². The average molecular weight is 399 g/mol. The number of nitrogens with one attached hydrogen (secondary N) is 2. The highest BCUT2D eigenvalue weighted by molar-refractivity contribution is 6.33. The molecule has 0 saturated carbocycles. The van der Waals surface area contributed by atoms with Crippen LogP contribution in [0.3, 0.4) is 0 Å². The number of aromatic nitrogens is 6. The van der Waals surface area contributed by atoms with Gasteiger partial charge in [0.2, 0.25) is 11.8 Å². The molecule has 28 heavy (non-hydrogen) atoms. The van der Waals surface area contributed by atoms with Crippen LogP contribution in [0, 0.1) is 5.82 Å². The first-order chi connectivity index (χ1) is 13.5. The summed E-state index contributed by atoms with van der Waals surface area (Å²) in [6, 6.07) is 11.3. The third kappa shape index (κ3) is 3.28. The first-order valence-electron chi connectivity index (χ1n) is 7.94. The number of benzene rings is 2. The minimum Gasteiger partial charge on any atom is -0.507 e. The fourth-order valence-corrected chi connectivity index (χ4v) is 2.78. The van der Waals surface area contributed by atoms with Gasteiger partial charge in [-0.05, 0) is 23.4 Å². The Labute approximate surface area is 162 Å². The van der Waals surface area contributed by atoms with Gasteiger partial charge in [0.1, 0.15) is 11.4 Å². The van der Waals surface area contributed by atoms with Gasteiger partial charge in [-0.3, -0.25) is 0 Å². The van der Waals surface area contributed by atoms with Gasteiger partial charge in [-0.2, -0.15) is 10.2 Å². The van der Waals surface area contributed by atoms with Gasteiger partial charge in [-0.15, -0.1) is 10.2 Å². The summed E-state index contributed by atoms with van der Waals surface area (Å²) < 4.78 is 14.5. The molecule has 0 unspecified atom stereocenters. The zero-order valence-electron chi connectivity index (χ0n) is 14.1. The van der Waals surface area contributed by atoms with Crippen LogP contribution in [0.4, 0.5) is 21.8 Å². The van der Waals surface area contributed by atoms with Crippen LogP contribution in [0.25, 0.3) is 22.6 Å². The molecule has 0 amide bonds. The number of anilines is 3. The number of phenols is 1. The third-order valence-electron chi connectivity index (χ3n) is 3.85. The van der Waals surface area contributed by atoms with Crippen LogP contribution in [-0.4, -0.2) is 35.7 Å². The number of nitrogen functional groups attached to an aromatic ring is 1. The second-order valence-electron chi connectivity index (χ2n) is 5.67. The molecule has 2 aromatic carbocycles. The monoisotopic (exact) mass is 398 g/mol. The SMILES string of the molecule is Nc1nc(Nc2ccc(-c3nn[nH]n3)c(O)c2)nc(-c2ccccc2Cl)c1F. The van der Waals surface area contributed by atoms with Crippen molar-refractivity contribution in [1.29, 1.82) is 0 Å². The Morgan fingerprint density at radius 3 is 2.64 bits per heavy atom. The number of halogens is 2. The maximum atomic E-state index is 14.5. The lowest BCUT2D eigenvalue weighted by molar-refractivity contribution is 0.477. The maximum absolute atomic E-state index is 14.5. The minimum absolute atomic E-state index is 0.0340. The predicted octanol–water partition coefficient (Wildman–Crippen LogP) is 3.15. The van der Waals surface area contributed by atoms with Gasteiger partial charge in [0.25, 0.3) is 0 Å². The highest BCUT2D eigenvalue weighted by Gasteiger charge is 2.17. The summed E-state index contributed by atoms with van der Waals surface area (Å²) in [5, 5.41) is 26.8. The van der Waals surface area contributed by atoms with E-state index in [1.807, 2.05) is 0 Å². The summed E-state index contributed by atoms with van der Waals surface area (Å²) in [5.41, 5.74) is 6.87. The van der Waals surface area contributed by atoms with Crippen molar-refractivity contribution in [2.24, 2.45) is 0 Å². The van der Waals surface area contributed by atoms with Crippen molar-refractivity contribution >= 4 is 29.1 Å². The van der Waals surface area contributed by atoms with E-state index in [0.29, 0.717) is 21.8 Å². The fraction of sp³-hybridized carbons (Fsp3) is 0. The molecule has 9 nitrogen and oxygen atoms in total. The molecule has 0 spiro atoms. The van der Waals surface area contributed by atoms with E-state index in [1.165, 1.54) is 6.07 Å². The Bertz CT molecular complexity index is 1150. The van der Waals surface area contributed by atoms with Gasteiger partial charge >= 0.3 is 0 Å². The number of nitrogens with two attached hydrogens (primary N) is 1. The summed E-state index contributed by atoms with van der Waals surface area (Å²) in [4.78, 5) is 8.08. The van der Waals surface area contributed by atoms with Gasteiger partial charge < -0.3 is 16.2 Å². The Balaban J connectivity index is 1.69. The molecule has 5 N–H and O–H groups in total. The molecule has 0 bridgehead atoms. The Hall–Kier alpha value is -3.79. The topological polar surface area (TPSA) is 139 Å². The standard InChI is InChI=1S/C17H12ClFN8O/c18-11-4-2-1-3-9(11)14-13(19)15(20)23-17(22-14)21-8-5-6-10(12(28)7-8)16-24-26-27-25-16/h1-7,28H,(H3,20,21,22,23)(H,24,25,26,27). The minimum atomic E-state index is -0.769. The Kier molecular flexibility index (Phi) is 4.45. The van der Waals surface area contributed by atoms with Crippen molar-refractivity contribution in [3.8, 4) is 28.4 Å². The van der Waals surface area contributed by atoms with E-state index < -0.39 is 5.82 Å². The largest absolute Gasteiger partial charge is 0.507 e. The molecule has 4 rings (SSSR count). The molecule has 2 heterocycles. The Morgan fingerprint density at radius 2 is 1.93 bits per heavy atom. The number of tetrazole rings is 1. The van der Waals surface area contributed by atoms with Crippen LogP contribution < -0.4 is 11.1 Å². The number of hydrogen-bond acceptors (Lipinski definition) is 8. The van der Waals surface area contributed by atoms with Gasteiger partial charge in [-0.1, -0.05) is 29.8 Å². The van der Waals surface area contributed by atoms with Crippen LogP contribution in [0.15, 0.2) is 42.5 Å². The van der Waals surface area contributed by atoms with Crippen LogP contribution in [0.1, 0.15) is 0 Å². The molecule has 0 fully saturated rings.